The molecule has 160 valence electrons. The number of rotatable bonds is 5. The zero-order valence-corrected chi connectivity index (χ0v) is 18.0. The fourth-order valence-electron chi connectivity index (χ4n) is 4.17. The van der Waals surface area contributed by atoms with Crippen LogP contribution in [0.15, 0.2) is 77.9 Å². The Morgan fingerprint density at radius 2 is 1.75 bits per heavy atom. The smallest absolute Gasteiger partial charge is 0.159 e. The summed E-state index contributed by atoms with van der Waals surface area (Å²) in [6, 6.07) is 20.3. The number of pyridine rings is 1. The molecule has 6 heteroatoms. The Kier molecular flexibility index (Phi) is 5.27. The number of benzene rings is 2. The number of aliphatic imine (C=N–C) groups is 1. The minimum Gasteiger partial charge on any atom is -0.497 e. The second kappa shape index (κ2) is 8.38. The first kappa shape index (κ1) is 20.1. The second-order valence-corrected chi connectivity index (χ2v) is 7.71. The Morgan fingerprint density at radius 3 is 2.41 bits per heavy atom. The first-order valence-corrected chi connectivity index (χ1v) is 10.7. The number of nitrogens with zero attached hydrogens (tertiary/aromatic N) is 4. The van der Waals surface area contributed by atoms with Gasteiger partial charge in [0.1, 0.15) is 17.6 Å². The molecule has 2 aromatic carbocycles. The number of aromatic nitrogens is 3. The van der Waals surface area contributed by atoms with Crippen LogP contribution in [0.25, 0.3) is 11.1 Å². The van der Waals surface area contributed by atoms with Crippen molar-refractivity contribution < 1.29 is 9.13 Å². The molecule has 0 radical (unpaired) electrons. The third-order valence-electron chi connectivity index (χ3n) is 5.80. The molecular formula is C26H23FN4O. The van der Waals surface area contributed by atoms with Gasteiger partial charge >= 0.3 is 0 Å². The lowest BCUT2D eigenvalue weighted by molar-refractivity contribution is 0.415. The van der Waals surface area contributed by atoms with Crippen LogP contribution in [-0.2, 0) is 6.42 Å². The molecular weight excluding hydrogens is 403 g/mol. The highest BCUT2D eigenvalue weighted by Crippen LogP contribution is 2.42. The molecule has 0 amide bonds. The molecule has 1 aliphatic heterocycles. The van der Waals surface area contributed by atoms with Gasteiger partial charge in [-0.25, -0.2) is 14.1 Å². The van der Waals surface area contributed by atoms with Crippen LogP contribution in [0.1, 0.15) is 36.3 Å². The lowest BCUT2D eigenvalue weighted by atomic mass is 9.97. The summed E-state index contributed by atoms with van der Waals surface area (Å²) < 4.78 is 20.9. The van der Waals surface area contributed by atoms with Crippen molar-refractivity contribution in [2.24, 2.45) is 4.99 Å². The molecule has 0 saturated heterocycles. The summed E-state index contributed by atoms with van der Waals surface area (Å²) in [6.07, 6.45) is 3.20. The first-order valence-electron chi connectivity index (χ1n) is 10.7. The van der Waals surface area contributed by atoms with Crippen LogP contribution in [0.5, 0.6) is 5.75 Å². The molecule has 1 atom stereocenters. The van der Waals surface area contributed by atoms with Crippen molar-refractivity contribution in [1.82, 2.24) is 14.8 Å². The van der Waals surface area contributed by atoms with Gasteiger partial charge in [0.2, 0.25) is 0 Å². The van der Waals surface area contributed by atoms with Crippen LogP contribution in [0.2, 0.25) is 0 Å². The fourth-order valence-corrected chi connectivity index (χ4v) is 4.17. The predicted molar refractivity (Wildman–Crippen MR) is 123 cm³/mol. The molecule has 0 bridgehead atoms. The quantitative estimate of drug-likeness (QED) is 0.407. The van der Waals surface area contributed by atoms with Gasteiger partial charge in [-0.15, -0.1) is 0 Å². The predicted octanol–water partition coefficient (Wildman–Crippen LogP) is 5.77. The maximum atomic E-state index is 13.6. The van der Waals surface area contributed by atoms with Crippen molar-refractivity contribution in [3.8, 4) is 16.9 Å². The average Bonchev–Trinajstić information content (AvgIpc) is 3.23. The van der Waals surface area contributed by atoms with E-state index in [1.54, 1.807) is 25.4 Å². The molecule has 0 fully saturated rings. The number of fused-ring (bicyclic) bond motifs is 1. The molecule has 0 spiro atoms. The van der Waals surface area contributed by atoms with E-state index < -0.39 is 0 Å². The molecule has 3 heterocycles. The van der Waals surface area contributed by atoms with Crippen LogP contribution in [0.3, 0.4) is 0 Å². The molecule has 0 N–H and O–H groups in total. The number of halogens is 1. The summed E-state index contributed by atoms with van der Waals surface area (Å²) in [4.78, 5) is 9.66. The lowest BCUT2D eigenvalue weighted by Crippen LogP contribution is -2.22. The van der Waals surface area contributed by atoms with Crippen LogP contribution in [-0.4, -0.2) is 27.6 Å². The summed E-state index contributed by atoms with van der Waals surface area (Å²) >= 11 is 0. The van der Waals surface area contributed by atoms with Gasteiger partial charge in [-0.1, -0.05) is 37.3 Å². The molecule has 5 nitrogen and oxygen atoms in total. The summed E-state index contributed by atoms with van der Waals surface area (Å²) in [5, 5.41) is 4.97. The van der Waals surface area contributed by atoms with Crippen LogP contribution in [0, 0.1) is 5.82 Å². The summed E-state index contributed by atoms with van der Waals surface area (Å²) in [7, 11) is 1.66. The molecule has 0 aliphatic carbocycles. The van der Waals surface area contributed by atoms with Crippen molar-refractivity contribution in [3.05, 3.63) is 95.7 Å². The van der Waals surface area contributed by atoms with Gasteiger partial charge in [-0.3, -0.25) is 4.98 Å². The number of ether oxygens (including phenoxy) is 1. The Balaban J connectivity index is 1.72. The lowest BCUT2D eigenvalue weighted by Gasteiger charge is -2.24. The largest absolute Gasteiger partial charge is 0.497 e. The maximum Gasteiger partial charge on any atom is 0.159 e. The van der Waals surface area contributed by atoms with Gasteiger partial charge in [0.25, 0.3) is 0 Å². The Morgan fingerprint density at radius 1 is 1.00 bits per heavy atom. The van der Waals surface area contributed by atoms with Crippen LogP contribution in [0.4, 0.5) is 10.2 Å². The monoisotopic (exact) mass is 426 g/mol. The van der Waals surface area contributed by atoms with Gasteiger partial charge in [0, 0.05) is 18.2 Å². The molecule has 2 aromatic heterocycles. The number of hydrogen-bond donors (Lipinski definition) is 0. The normalized spacial score (nSPS) is 15.2. The van der Waals surface area contributed by atoms with Crippen LogP contribution >= 0.6 is 0 Å². The minimum atomic E-state index is -0.260. The van der Waals surface area contributed by atoms with Crippen molar-refractivity contribution >= 4 is 11.5 Å². The summed E-state index contributed by atoms with van der Waals surface area (Å²) in [5.74, 6) is 1.34. The molecule has 0 unspecified atom stereocenters. The van der Waals surface area contributed by atoms with Gasteiger partial charge < -0.3 is 4.74 Å². The first-order chi connectivity index (χ1) is 15.7. The highest BCUT2D eigenvalue weighted by Gasteiger charge is 2.30. The zero-order chi connectivity index (χ0) is 22.1. The molecule has 32 heavy (non-hydrogen) atoms. The van der Waals surface area contributed by atoms with E-state index in [9.17, 15) is 4.39 Å². The molecule has 4 aromatic rings. The molecule has 5 rings (SSSR count). The number of hydrogen-bond acceptors (Lipinski definition) is 4. The van der Waals surface area contributed by atoms with E-state index in [1.165, 1.54) is 12.1 Å². The number of methoxy groups -OCH3 is 1. The highest BCUT2D eigenvalue weighted by molar-refractivity contribution is 6.04. The average molecular weight is 426 g/mol. The van der Waals surface area contributed by atoms with Gasteiger partial charge in [-0.2, -0.15) is 5.10 Å². The van der Waals surface area contributed by atoms with E-state index in [1.807, 2.05) is 47.1 Å². The van der Waals surface area contributed by atoms with E-state index in [0.29, 0.717) is 6.42 Å². The van der Waals surface area contributed by atoms with E-state index in [0.717, 1.165) is 51.8 Å². The third kappa shape index (κ3) is 3.58. The van der Waals surface area contributed by atoms with Gasteiger partial charge in [0.15, 0.2) is 5.82 Å². The maximum absolute atomic E-state index is 13.6. The Bertz CT molecular complexity index is 1260. The highest BCUT2D eigenvalue weighted by atomic mass is 19.1. The van der Waals surface area contributed by atoms with Crippen molar-refractivity contribution in [3.63, 3.8) is 0 Å². The molecule has 1 aliphatic rings. The zero-order valence-electron chi connectivity index (χ0n) is 18.0. The molecule has 0 saturated carbocycles. The van der Waals surface area contributed by atoms with Crippen molar-refractivity contribution in [2.45, 2.75) is 25.8 Å². The third-order valence-corrected chi connectivity index (χ3v) is 5.80. The van der Waals surface area contributed by atoms with Gasteiger partial charge in [0.05, 0.1) is 24.2 Å². The van der Waals surface area contributed by atoms with Gasteiger partial charge in [-0.05, 0) is 53.9 Å². The van der Waals surface area contributed by atoms with Crippen molar-refractivity contribution in [1.29, 1.82) is 0 Å². The second-order valence-electron chi connectivity index (χ2n) is 7.71. The Labute approximate surface area is 186 Å². The topological polar surface area (TPSA) is 52.3 Å². The standard InChI is InChI=1S/C26H23FN4O/c1-3-21-25(18-9-13-20(32-2)14-10-18)26-29-23(17-7-11-19(27)12-8-17)16-24(31(26)30-21)22-6-4-5-15-28-22/h4-15,24H,3,16H2,1-2H3/t24-/m1/s1. The van der Waals surface area contributed by atoms with E-state index in [-0.39, 0.29) is 11.9 Å². The number of aryl methyl sites for hydroxylation is 1. The Hall–Kier alpha value is -3.80. The van der Waals surface area contributed by atoms with Crippen molar-refractivity contribution in [2.75, 3.05) is 7.11 Å². The fraction of sp³-hybridized carbons (Fsp3) is 0.192. The summed E-state index contributed by atoms with van der Waals surface area (Å²) in [5.41, 5.74) is 5.75. The SMILES string of the molecule is CCc1nn2c(c1-c1ccc(OC)cc1)N=C(c1ccc(F)cc1)C[C@@H]2c1ccccn1. The van der Waals surface area contributed by atoms with E-state index in [4.69, 9.17) is 14.8 Å². The minimum absolute atomic E-state index is 0.0962. The van der Waals surface area contributed by atoms with E-state index in [2.05, 4.69) is 11.9 Å². The van der Waals surface area contributed by atoms with Crippen LogP contribution < -0.4 is 4.74 Å². The van der Waals surface area contributed by atoms with E-state index >= 15 is 0 Å². The summed E-state index contributed by atoms with van der Waals surface area (Å²) in [6.45, 7) is 2.10.